The normalized spacial score (nSPS) is 10.0. The van der Waals surface area contributed by atoms with Crippen LogP contribution in [0.2, 0.25) is 0 Å². The maximum atomic E-state index is 12.2. The van der Waals surface area contributed by atoms with E-state index in [1.165, 1.54) is 11.3 Å². The number of benzene rings is 2. The summed E-state index contributed by atoms with van der Waals surface area (Å²) in [4.78, 5) is 12.2. The summed E-state index contributed by atoms with van der Waals surface area (Å²) in [5, 5.41) is 15.2. The number of anilines is 1. The Morgan fingerprint density at radius 2 is 1.70 bits per heavy atom. The van der Waals surface area contributed by atoms with Crippen LogP contribution in [0.3, 0.4) is 0 Å². The summed E-state index contributed by atoms with van der Waals surface area (Å²) in [5.41, 5.74) is 3.15. The molecule has 1 aromatic heterocycles. The van der Waals surface area contributed by atoms with Crippen LogP contribution in [0.1, 0.15) is 15.9 Å². The van der Waals surface area contributed by atoms with Gasteiger partial charge in [0.05, 0.1) is 12.1 Å². The van der Waals surface area contributed by atoms with Crippen molar-refractivity contribution in [1.29, 1.82) is 5.26 Å². The van der Waals surface area contributed by atoms with E-state index in [4.69, 9.17) is 0 Å². The predicted molar refractivity (Wildman–Crippen MR) is 93.7 cm³/mol. The summed E-state index contributed by atoms with van der Waals surface area (Å²) in [6.45, 7) is 0.174. The molecule has 0 aliphatic rings. The SMILES string of the molecule is N#Cc1c(-c2ccccc2)csc1NCC(=O)c1ccccc1. The molecule has 0 spiro atoms. The van der Waals surface area contributed by atoms with Crippen LogP contribution in [0, 0.1) is 11.3 Å². The largest absolute Gasteiger partial charge is 0.368 e. The molecule has 4 heteroatoms. The molecule has 23 heavy (non-hydrogen) atoms. The lowest BCUT2D eigenvalue weighted by molar-refractivity contribution is 0.101. The number of carbonyl (C=O) groups is 1. The van der Waals surface area contributed by atoms with Gasteiger partial charge >= 0.3 is 0 Å². The fraction of sp³-hybridized carbons (Fsp3) is 0.0526. The van der Waals surface area contributed by atoms with Crippen LogP contribution < -0.4 is 5.32 Å². The van der Waals surface area contributed by atoms with Crippen molar-refractivity contribution >= 4 is 22.1 Å². The third kappa shape index (κ3) is 3.31. The third-order valence-electron chi connectivity index (χ3n) is 3.49. The lowest BCUT2D eigenvalue weighted by atomic mass is 10.1. The Morgan fingerprint density at radius 1 is 1.04 bits per heavy atom. The van der Waals surface area contributed by atoms with E-state index in [0.29, 0.717) is 11.1 Å². The van der Waals surface area contributed by atoms with Crippen molar-refractivity contribution in [3.05, 3.63) is 77.2 Å². The maximum Gasteiger partial charge on any atom is 0.181 e. The van der Waals surface area contributed by atoms with Crippen LogP contribution in [-0.4, -0.2) is 12.3 Å². The molecule has 1 heterocycles. The Hall–Kier alpha value is -2.90. The van der Waals surface area contributed by atoms with E-state index in [0.717, 1.165) is 16.1 Å². The first-order chi connectivity index (χ1) is 11.3. The van der Waals surface area contributed by atoms with Crippen LogP contribution >= 0.6 is 11.3 Å². The quantitative estimate of drug-likeness (QED) is 0.700. The van der Waals surface area contributed by atoms with E-state index in [-0.39, 0.29) is 12.3 Å². The highest BCUT2D eigenvalue weighted by atomic mass is 32.1. The number of hydrogen-bond acceptors (Lipinski definition) is 4. The fourth-order valence-electron chi connectivity index (χ4n) is 2.32. The summed E-state index contributed by atoms with van der Waals surface area (Å²) in [5.74, 6) is 0.00384. The van der Waals surface area contributed by atoms with Crippen molar-refractivity contribution in [1.82, 2.24) is 0 Å². The summed E-state index contributed by atoms with van der Waals surface area (Å²) < 4.78 is 0. The molecule has 0 fully saturated rings. The number of nitrogens with zero attached hydrogens (tertiary/aromatic N) is 1. The highest BCUT2D eigenvalue weighted by Crippen LogP contribution is 2.34. The number of rotatable bonds is 5. The van der Waals surface area contributed by atoms with Crippen LogP contribution in [0.5, 0.6) is 0 Å². The van der Waals surface area contributed by atoms with Crippen molar-refractivity contribution in [2.45, 2.75) is 0 Å². The summed E-state index contributed by atoms with van der Waals surface area (Å²) in [6, 6.07) is 21.2. The molecule has 2 aromatic carbocycles. The number of hydrogen-bond donors (Lipinski definition) is 1. The second kappa shape index (κ2) is 6.91. The van der Waals surface area contributed by atoms with Crippen LogP contribution in [0.15, 0.2) is 66.0 Å². The first-order valence-electron chi connectivity index (χ1n) is 7.18. The molecule has 0 atom stereocenters. The van der Waals surface area contributed by atoms with Crippen molar-refractivity contribution in [3.63, 3.8) is 0 Å². The number of nitrogens with one attached hydrogen (secondary N) is 1. The Kier molecular flexibility index (Phi) is 4.51. The third-order valence-corrected chi connectivity index (χ3v) is 4.43. The smallest absolute Gasteiger partial charge is 0.181 e. The van der Waals surface area contributed by atoms with Gasteiger partial charge in [-0.05, 0) is 5.56 Å². The van der Waals surface area contributed by atoms with Crippen molar-refractivity contribution in [2.75, 3.05) is 11.9 Å². The summed E-state index contributed by atoms with van der Waals surface area (Å²) in [6.07, 6.45) is 0. The van der Waals surface area contributed by atoms with Gasteiger partial charge in [-0.15, -0.1) is 11.3 Å². The Labute approximate surface area is 138 Å². The molecule has 0 saturated carbocycles. The second-order valence-corrected chi connectivity index (χ2v) is 5.85. The van der Waals surface area contributed by atoms with Crippen LogP contribution in [0.4, 0.5) is 5.00 Å². The molecule has 1 N–H and O–H groups in total. The molecule has 0 bridgehead atoms. The maximum absolute atomic E-state index is 12.2. The van der Waals surface area contributed by atoms with Crippen LogP contribution in [0.25, 0.3) is 11.1 Å². The van der Waals surface area contributed by atoms with Gasteiger partial charge in [-0.1, -0.05) is 60.7 Å². The van der Waals surface area contributed by atoms with Gasteiger partial charge in [-0.3, -0.25) is 4.79 Å². The minimum Gasteiger partial charge on any atom is -0.368 e. The van der Waals surface area contributed by atoms with E-state index in [2.05, 4.69) is 11.4 Å². The molecule has 3 rings (SSSR count). The number of carbonyl (C=O) groups excluding carboxylic acids is 1. The van der Waals surface area contributed by atoms with Crippen molar-refractivity contribution in [3.8, 4) is 17.2 Å². The molecule has 0 unspecified atom stereocenters. The van der Waals surface area contributed by atoms with Gasteiger partial charge in [-0.25, -0.2) is 0 Å². The topological polar surface area (TPSA) is 52.9 Å². The van der Waals surface area contributed by atoms with Gasteiger partial charge in [0.1, 0.15) is 11.1 Å². The molecule has 112 valence electrons. The van der Waals surface area contributed by atoms with Crippen molar-refractivity contribution < 1.29 is 4.79 Å². The van der Waals surface area contributed by atoms with Crippen molar-refractivity contribution in [2.24, 2.45) is 0 Å². The Morgan fingerprint density at radius 3 is 2.35 bits per heavy atom. The standard InChI is InChI=1S/C19H14N2OS/c20-11-16-17(14-7-3-1-4-8-14)13-23-19(16)21-12-18(22)15-9-5-2-6-10-15/h1-10,13,21H,12H2. The molecule has 0 saturated heterocycles. The van der Waals surface area contributed by atoms with Gasteiger partial charge < -0.3 is 5.32 Å². The van der Waals surface area contributed by atoms with Gasteiger partial charge in [-0.2, -0.15) is 5.26 Å². The molecule has 0 amide bonds. The first kappa shape index (κ1) is 15.0. The van der Waals surface area contributed by atoms with Gasteiger partial charge in [0.15, 0.2) is 5.78 Å². The number of Topliss-reactive ketones (excluding diaryl/α,β-unsaturated/α-hetero) is 1. The zero-order valence-electron chi connectivity index (χ0n) is 12.3. The average molecular weight is 318 g/mol. The average Bonchev–Trinajstić information content (AvgIpc) is 3.04. The molecule has 3 nitrogen and oxygen atoms in total. The fourth-order valence-corrected chi connectivity index (χ4v) is 3.23. The van der Waals surface area contributed by atoms with E-state index in [1.54, 1.807) is 12.1 Å². The summed E-state index contributed by atoms with van der Waals surface area (Å²) in [7, 11) is 0. The van der Waals surface area contributed by atoms with Gasteiger partial charge in [0.25, 0.3) is 0 Å². The molecular formula is C19H14N2OS. The number of nitriles is 1. The molecular weight excluding hydrogens is 304 g/mol. The second-order valence-electron chi connectivity index (χ2n) is 4.97. The number of ketones is 1. The zero-order valence-corrected chi connectivity index (χ0v) is 13.1. The zero-order chi connectivity index (χ0) is 16.1. The first-order valence-corrected chi connectivity index (χ1v) is 8.06. The lowest BCUT2D eigenvalue weighted by Gasteiger charge is -2.05. The molecule has 0 radical (unpaired) electrons. The lowest BCUT2D eigenvalue weighted by Crippen LogP contribution is -2.13. The van der Waals surface area contributed by atoms with Crippen LogP contribution in [-0.2, 0) is 0 Å². The van der Waals surface area contributed by atoms with E-state index in [1.807, 2.05) is 53.9 Å². The molecule has 0 aliphatic heterocycles. The predicted octanol–water partition coefficient (Wildman–Crippen LogP) is 4.58. The Bertz CT molecular complexity index is 848. The monoisotopic (exact) mass is 318 g/mol. The minimum atomic E-state index is 0.00384. The van der Waals surface area contributed by atoms with E-state index >= 15 is 0 Å². The van der Waals surface area contributed by atoms with Gasteiger partial charge in [0.2, 0.25) is 0 Å². The molecule has 3 aromatic rings. The number of thiophene rings is 1. The highest BCUT2D eigenvalue weighted by Gasteiger charge is 2.14. The van der Waals surface area contributed by atoms with Gasteiger partial charge in [0, 0.05) is 16.5 Å². The van der Waals surface area contributed by atoms with E-state index in [9.17, 15) is 10.1 Å². The summed E-state index contributed by atoms with van der Waals surface area (Å²) >= 11 is 1.45. The Balaban J connectivity index is 1.78. The minimum absolute atomic E-state index is 0.00384. The van der Waals surface area contributed by atoms with E-state index < -0.39 is 0 Å². The molecule has 0 aliphatic carbocycles. The highest BCUT2D eigenvalue weighted by molar-refractivity contribution is 7.15.